The summed E-state index contributed by atoms with van der Waals surface area (Å²) >= 11 is 0. The number of aromatic nitrogens is 1. The van der Waals surface area contributed by atoms with Gasteiger partial charge >= 0.3 is 0 Å². The summed E-state index contributed by atoms with van der Waals surface area (Å²) in [6, 6.07) is 13.4. The van der Waals surface area contributed by atoms with Crippen LogP contribution in [0.25, 0.3) is 22.5 Å². The van der Waals surface area contributed by atoms with E-state index >= 15 is 0 Å². The van der Waals surface area contributed by atoms with Crippen molar-refractivity contribution in [1.82, 2.24) is 9.88 Å². The van der Waals surface area contributed by atoms with Crippen LogP contribution in [-0.2, 0) is 11.2 Å². The fourth-order valence-corrected chi connectivity index (χ4v) is 5.94. The molecule has 1 amide bonds. The maximum atomic E-state index is 14.4. The topological polar surface area (TPSA) is 80.9 Å². The molecule has 0 spiro atoms. The lowest BCUT2D eigenvalue weighted by Crippen LogP contribution is -2.49. The van der Waals surface area contributed by atoms with Gasteiger partial charge in [-0.15, -0.1) is 0 Å². The highest BCUT2D eigenvalue weighted by atomic mass is 19.1. The van der Waals surface area contributed by atoms with Crippen LogP contribution in [-0.4, -0.2) is 68.3 Å². The van der Waals surface area contributed by atoms with Gasteiger partial charge in [-0.25, -0.2) is 9.37 Å². The number of nitrogens with zero attached hydrogens (tertiary/aromatic N) is 3. The van der Waals surface area contributed by atoms with Crippen molar-refractivity contribution >= 4 is 11.6 Å². The van der Waals surface area contributed by atoms with E-state index in [1.165, 1.54) is 18.9 Å². The molecular formula is C29H31FN4O3. The molecule has 192 valence electrons. The number of primary amides is 1. The maximum Gasteiger partial charge on any atom is 0.249 e. The number of ether oxygens (including phenoxy) is 2. The van der Waals surface area contributed by atoms with Gasteiger partial charge in [0.15, 0.2) is 11.6 Å². The Morgan fingerprint density at radius 1 is 1.08 bits per heavy atom. The number of hydrogen-bond acceptors (Lipinski definition) is 6. The molecule has 3 aliphatic rings. The Balaban J connectivity index is 1.27. The van der Waals surface area contributed by atoms with Crippen LogP contribution in [0.5, 0.6) is 5.75 Å². The number of morpholine rings is 1. The number of piperidine rings is 1. The second-order valence-corrected chi connectivity index (χ2v) is 9.98. The highest BCUT2D eigenvalue weighted by Crippen LogP contribution is 2.41. The van der Waals surface area contributed by atoms with Crippen LogP contribution in [0, 0.1) is 5.82 Å². The standard InChI is InChI=1S/C29H31FN4O3/c1-36-27-5-2-18(16-25(27)30)26-17-24(29(31)35)23-15-19-14-21(3-4-22(19)28(23)32-26)33-8-6-20(7-9-33)34-10-12-37-13-11-34/h2-5,14,16-17,20H,6-13,15H2,1H3,(H2,31,35). The number of benzene rings is 2. The predicted molar refractivity (Wildman–Crippen MR) is 141 cm³/mol. The molecular weight excluding hydrogens is 471 g/mol. The Bertz CT molecular complexity index is 1350. The van der Waals surface area contributed by atoms with Crippen molar-refractivity contribution in [2.24, 2.45) is 5.73 Å². The average Bonchev–Trinajstić information content (AvgIpc) is 3.30. The molecule has 7 nitrogen and oxygen atoms in total. The quantitative estimate of drug-likeness (QED) is 0.446. The first-order valence-electron chi connectivity index (χ1n) is 12.9. The summed E-state index contributed by atoms with van der Waals surface area (Å²) in [6.45, 7) is 5.77. The first-order valence-corrected chi connectivity index (χ1v) is 12.9. The van der Waals surface area contributed by atoms with Gasteiger partial charge in [0.2, 0.25) is 5.91 Å². The van der Waals surface area contributed by atoms with Crippen LogP contribution >= 0.6 is 0 Å². The molecule has 3 heterocycles. The molecule has 8 heteroatoms. The monoisotopic (exact) mass is 502 g/mol. The van der Waals surface area contributed by atoms with Gasteiger partial charge in [0, 0.05) is 61.0 Å². The van der Waals surface area contributed by atoms with Gasteiger partial charge in [0.1, 0.15) is 0 Å². The molecule has 0 bridgehead atoms. The summed E-state index contributed by atoms with van der Waals surface area (Å²) < 4.78 is 25.0. The van der Waals surface area contributed by atoms with E-state index in [1.54, 1.807) is 18.2 Å². The zero-order valence-electron chi connectivity index (χ0n) is 21.0. The second-order valence-electron chi connectivity index (χ2n) is 9.98. The Kier molecular flexibility index (Phi) is 6.30. The van der Waals surface area contributed by atoms with E-state index in [2.05, 4.69) is 28.0 Å². The van der Waals surface area contributed by atoms with Crippen molar-refractivity contribution in [1.29, 1.82) is 0 Å². The number of hydrogen-bond donors (Lipinski definition) is 1. The minimum atomic E-state index is -0.507. The molecule has 0 unspecified atom stereocenters. The minimum absolute atomic E-state index is 0.159. The van der Waals surface area contributed by atoms with Crippen molar-refractivity contribution in [3.8, 4) is 28.3 Å². The molecule has 37 heavy (non-hydrogen) atoms. The first-order chi connectivity index (χ1) is 18.0. The van der Waals surface area contributed by atoms with Gasteiger partial charge in [-0.2, -0.15) is 0 Å². The van der Waals surface area contributed by atoms with E-state index in [4.69, 9.17) is 20.2 Å². The molecule has 2 N–H and O–H groups in total. The van der Waals surface area contributed by atoms with Crippen molar-refractivity contribution in [3.63, 3.8) is 0 Å². The highest BCUT2D eigenvalue weighted by molar-refractivity contribution is 5.98. The lowest BCUT2D eigenvalue weighted by atomic mass is 10.0. The summed E-state index contributed by atoms with van der Waals surface area (Å²) in [7, 11) is 1.43. The Morgan fingerprint density at radius 3 is 2.57 bits per heavy atom. The molecule has 6 rings (SSSR count). The van der Waals surface area contributed by atoms with Crippen LogP contribution < -0.4 is 15.4 Å². The lowest BCUT2D eigenvalue weighted by Gasteiger charge is -2.41. The van der Waals surface area contributed by atoms with Crippen LogP contribution in [0.15, 0.2) is 42.5 Å². The molecule has 0 saturated carbocycles. The zero-order valence-corrected chi connectivity index (χ0v) is 21.0. The Hall–Kier alpha value is -3.49. The van der Waals surface area contributed by atoms with Gasteiger partial charge in [0.05, 0.1) is 31.7 Å². The summed E-state index contributed by atoms with van der Waals surface area (Å²) in [5.74, 6) is -0.829. The minimum Gasteiger partial charge on any atom is -0.494 e. The predicted octanol–water partition coefficient (Wildman–Crippen LogP) is 3.87. The molecule has 3 aromatic rings. The van der Waals surface area contributed by atoms with Crippen molar-refractivity contribution in [2.75, 3.05) is 51.4 Å². The van der Waals surface area contributed by atoms with Crippen LogP contribution in [0.4, 0.5) is 10.1 Å². The first kappa shape index (κ1) is 23.9. The fraction of sp³-hybridized carbons (Fsp3) is 0.379. The molecule has 0 atom stereocenters. The van der Waals surface area contributed by atoms with Crippen LogP contribution in [0.3, 0.4) is 0 Å². The summed E-state index contributed by atoms with van der Waals surface area (Å²) in [5, 5.41) is 0. The highest BCUT2D eigenvalue weighted by Gasteiger charge is 2.29. The molecule has 1 aromatic heterocycles. The van der Waals surface area contributed by atoms with E-state index in [0.29, 0.717) is 29.3 Å². The summed E-state index contributed by atoms with van der Waals surface area (Å²) in [4.78, 5) is 22.3. The lowest BCUT2D eigenvalue weighted by molar-refractivity contribution is 0.0115. The smallest absolute Gasteiger partial charge is 0.249 e. The number of amides is 1. The molecule has 2 aromatic carbocycles. The normalized spacial score (nSPS) is 17.9. The van der Waals surface area contributed by atoms with Crippen molar-refractivity contribution < 1.29 is 18.7 Å². The largest absolute Gasteiger partial charge is 0.494 e. The van der Waals surface area contributed by atoms with E-state index < -0.39 is 11.7 Å². The number of methoxy groups -OCH3 is 1. The second kappa shape index (κ2) is 9.76. The number of pyridine rings is 1. The number of halogens is 1. The summed E-state index contributed by atoms with van der Waals surface area (Å²) in [5.41, 5.74) is 12.2. The van der Waals surface area contributed by atoms with Gasteiger partial charge in [-0.05, 0) is 60.4 Å². The Morgan fingerprint density at radius 2 is 1.86 bits per heavy atom. The zero-order chi connectivity index (χ0) is 25.5. The fourth-order valence-electron chi connectivity index (χ4n) is 5.94. The molecule has 0 radical (unpaired) electrons. The van der Waals surface area contributed by atoms with E-state index in [-0.39, 0.29) is 5.75 Å². The van der Waals surface area contributed by atoms with Crippen molar-refractivity contribution in [3.05, 3.63) is 65.0 Å². The third kappa shape index (κ3) is 4.45. The number of rotatable bonds is 5. The van der Waals surface area contributed by atoms with Gasteiger partial charge in [-0.1, -0.05) is 6.07 Å². The molecule has 1 aliphatic carbocycles. The van der Waals surface area contributed by atoms with E-state index in [9.17, 15) is 9.18 Å². The average molecular weight is 503 g/mol. The third-order valence-electron chi connectivity index (χ3n) is 7.94. The molecule has 2 saturated heterocycles. The SMILES string of the molecule is COc1ccc(-c2cc(C(N)=O)c3c(n2)-c2ccc(N4CCC(N5CCOCC5)CC4)cc2C3)cc1F. The number of carbonyl (C=O) groups excluding carboxylic acids is 1. The van der Waals surface area contributed by atoms with E-state index in [0.717, 1.165) is 74.6 Å². The number of anilines is 1. The number of nitrogens with two attached hydrogens (primary N) is 1. The Labute approximate surface area is 216 Å². The third-order valence-corrected chi connectivity index (χ3v) is 7.94. The van der Waals surface area contributed by atoms with Crippen LogP contribution in [0.1, 0.15) is 34.3 Å². The molecule has 2 fully saturated rings. The van der Waals surface area contributed by atoms with Crippen LogP contribution in [0.2, 0.25) is 0 Å². The van der Waals surface area contributed by atoms with E-state index in [1.807, 2.05) is 0 Å². The summed E-state index contributed by atoms with van der Waals surface area (Å²) in [6.07, 6.45) is 2.89. The number of carbonyl (C=O) groups is 1. The van der Waals surface area contributed by atoms with Crippen molar-refractivity contribution in [2.45, 2.75) is 25.3 Å². The number of fused-ring (bicyclic) bond motifs is 3. The maximum absolute atomic E-state index is 14.4. The van der Waals surface area contributed by atoms with Gasteiger partial charge in [0.25, 0.3) is 0 Å². The van der Waals surface area contributed by atoms with Gasteiger partial charge in [-0.3, -0.25) is 9.69 Å². The molecule has 2 aliphatic heterocycles. The van der Waals surface area contributed by atoms with Gasteiger partial charge < -0.3 is 20.1 Å².